The summed E-state index contributed by atoms with van der Waals surface area (Å²) in [5.74, 6) is 2.64. The molecule has 2 N–H and O–H groups in total. The van der Waals surface area contributed by atoms with Crippen LogP contribution in [0.2, 0.25) is 0 Å². The number of nitrogens with one attached hydrogen (secondary N) is 2. The summed E-state index contributed by atoms with van der Waals surface area (Å²) in [6, 6.07) is 11.4. The Morgan fingerprint density at radius 2 is 1.85 bits per heavy atom. The van der Waals surface area contributed by atoms with Crippen LogP contribution in [-0.4, -0.2) is 57.8 Å². The summed E-state index contributed by atoms with van der Waals surface area (Å²) < 4.78 is 2.00. The molecule has 0 spiro atoms. The molecule has 1 aromatic heterocycles. The molecule has 0 aliphatic carbocycles. The lowest BCUT2D eigenvalue weighted by atomic mass is 9.76. The lowest BCUT2D eigenvalue weighted by molar-refractivity contribution is 0.266. The Morgan fingerprint density at radius 3 is 2.45 bits per heavy atom. The van der Waals surface area contributed by atoms with Gasteiger partial charge in [0.1, 0.15) is 12.4 Å². The first-order chi connectivity index (χ1) is 15.5. The fraction of sp³-hybridized carbons (Fsp3) is 0.640. The van der Waals surface area contributed by atoms with Gasteiger partial charge in [-0.3, -0.25) is 4.90 Å². The van der Waals surface area contributed by atoms with E-state index in [9.17, 15) is 0 Å². The SMILES string of the molecule is CCN1CCCC1CNC(=NCc1nnc(C)n1C)NCC(CC)(CC)c1ccccc1.I. The summed E-state index contributed by atoms with van der Waals surface area (Å²) in [5, 5.41) is 15.8. The van der Waals surface area contributed by atoms with E-state index >= 15 is 0 Å². The number of aryl methyl sites for hydroxylation is 1. The molecule has 0 bridgehead atoms. The fourth-order valence-electron chi connectivity index (χ4n) is 4.72. The van der Waals surface area contributed by atoms with Gasteiger partial charge in [0.15, 0.2) is 11.8 Å². The number of hydrogen-bond acceptors (Lipinski definition) is 4. The zero-order valence-corrected chi connectivity index (χ0v) is 23.3. The van der Waals surface area contributed by atoms with Gasteiger partial charge in [-0.05, 0) is 51.3 Å². The summed E-state index contributed by atoms with van der Waals surface area (Å²) in [7, 11) is 1.99. The minimum absolute atomic E-state index is 0. The predicted octanol–water partition coefficient (Wildman–Crippen LogP) is 4.02. The second-order valence-electron chi connectivity index (χ2n) is 8.90. The molecule has 1 fully saturated rings. The van der Waals surface area contributed by atoms with Crippen LogP contribution in [0.1, 0.15) is 63.7 Å². The van der Waals surface area contributed by atoms with E-state index in [0.717, 1.165) is 50.1 Å². The molecule has 0 saturated carbocycles. The van der Waals surface area contributed by atoms with Crippen LogP contribution >= 0.6 is 24.0 Å². The van der Waals surface area contributed by atoms with Crippen molar-refractivity contribution in [3.8, 4) is 0 Å². The first kappa shape index (κ1) is 27.6. The van der Waals surface area contributed by atoms with Crippen LogP contribution in [0.5, 0.6) is 0 Å². The maximum Gasteiger partial charge on any atom is 0.191 e. The predicted molar refractivity (Wildman–Crippen MR) is 147 cm³/mol. The maximum atomic E-state index is 4.90. The van der Waals surface area contributed by atoms with Gasteiger partial charge in [0, 0.05) is 31.6 Å². The molecule has 184 valence electrons. The van der Waals surface area contributed by atoms with Crippen molar-refractivity contribution in [1.29, 1.82) is 0 Å². The van der Waals surface area contributed by atoms with Gasteiger partial charge < -0.3 is 15.2 Å². The Labute approximate surface area is 216 Å². The van der Waals surface area contributed by atoms with Gasteiger partial charge in [-0.15, -0.1) is 34.2 Å². The summed E-state index contributed by atoms with van der Waals surface area (Å²) >= 11 is 0. The van der Waals surface area contributed by atoms with Gasteiger partial charge in [0.2, 0.25) is 0 Å². The van der Waals surface area contributed by atoms with Crippen molar-refractivity contribution in [2.24, 2.45) is 12.0 Å². The summed E-state index contributed by atoms with van der Waals surface area (Å²) in [4.78, 5) is 7.46. The minimum Gasteiger partial charge on any atom is -0.356 e. The topological polar surface area (TPSA) is 70.4 Å². The number of halogens is 1. The van der Waals surface area contributed by atoms with E-state index in [1.807, 2.05) is 18.5 Å². The second-order valence-corrected chi connectivity index (χ2v) is 8.90. The Hall–Kier alpha value is -1.68. The number of likely N-dealkylation sites (tertiary alicyclic amines) is 1. The Bertz CT molecular complexity index is 861. The third kappa shape index (κ3) is 6.91. The highest BCUT2D eigenvalue weighted by atomic mass is 127. The molecule has 8 heteroatoms. The largest absolute Gasteiger partial charge is 0.356 e. The van der Waals surface area contributed by atoms with E-state index in [-0.39, 0.29) is 29.4 Å². The normalized spacial score (nSPS) is 17.1. The third-order valence-electron chi connectivity index (χ3n) is 7.31. The maximum absolute atomic E-state index is 4.90. The number of guanidine groups is 1. The van der Waals surface area contributed by atoms with E-state index in [2.05, 4.69) is 76.8 Å². The molecular formula is C25H42IN7. The van der Waals surface area contributed by atoms with Crippen LogP contribution in [0.25, 0.3) is 0 Å². The van der Waals surface area contributed by atoms with E-state index in [1.165, 1.54) is 24.9 Å². The molecule has 3 rings (SSSR count). The molecule has 1 unspecified atom stereocenters. The van der Waals surface area contributed by atoms with E-state index in [0.29, 0.717) is 12.6 Å². The summed E-state index contributed by atoms with van der Waals surface area (Å²) in [6.07, 6.45) is 4.67. The molecule has 2 aromatic rings. The monoisotopic (exact) mass is 567 g/mol. The standard InChI is InChI=1S/C25H41N7.HI/c1-6-25(7-2,21-13-10-9-11-14-21)19-28-24(26-17-22-15-12-16-32(22)8-3)27-18-23-30-29-20(4)31(23)5;/h9-11,13-14,22H,6-8,12,15-19H2,1-5H3,(H2,26,27,28);1H. The molecule has 0 radical (unpaired) electrons. The number of nitrogens with zero attached hydrogens (tertiary/aromatic N) is 5. The van der Waals surface area contributed by atoms with Gasteiger partial charge in [0.05, 0.1) is 0 Å². The zero-order chi connectivity index (χ0) is 23.0. The van der Waals surface area contributed by atoms with Crippen LogP contribution in [-0.2, 0) is 19.0 Å². The Morgan fingerprint density at radius 1 is 1.12 bits per heavy atom. The van der Waals surface area contributed by atoms with Crippen molar-refractivity contribution >= 4 is 29.9 Å². The summed E-state index contributed by atoms with van der Waals surface area (Å²) in [5.41, 5.74) is 1.46. The highest BCUT2D eigenvalue weighted by Gasteiger charge is 2.29. The van der Waals surface area contributed by atoms with Crippen molar-refractivity contribution in [3.05, 3.63) is 47.5 Å². The Balaban J connectivity index is 0.00000385. The number of hydrogen-bond donors (Lipinski definition) is 2. The molecule has 1 aliphatic rings. The quantitative estimate of drug-likeness (QED) is 0.258. The highest BCUT2D eigenvalue weighted by molar-refractivity contribution is 14.0. The fourth-order valence-corrected chi connectivity index (χ4v) is 4.72. The number of rotatable bonds is 10. The molecular weight excluding hydrogens is 525 g/mol. The number of aromatic nitrogens is 3. The van der Waals surface area contributed by atoms with Crippen molar-refractivity contribution in [2.75, 3.05) is 26.2 Å². The first-order valence-corrected chi connectivity index (χ1v) is 12.2. The van der Waals surface area contributed by atoms with Gasteiger partial charge in [-0.1, -0.05) is 51.1 Å². The lowest BCUT2D eigenvalue weighted by Gasteiger charge is -2.33. The number of aliphatic imine (C=N–C) groups is 1. The van der Waals surface area contributed by atoms with Crippen molar-refractivity contribution < 1.29 is 0 Å². The van der Waals surface area contributed by atoms with Crippen LogP contribution in [0.3, 0.4) is 0 Å². The third-order valence-corrected chi connectivity index (χ3v) is 7.31. The van der Waals surface area contributed by atoms with Crippen LogP contribution < -0.4 is 10.6 Å². The average molecular weight is 568 g/mol. The molecule has 2 heterocycles. The van der Waals surface area contributed by atoms with E-state index in [1.54, 1.807) is 0 Å². The molecule has 1 aromatic carbocycles. The van der Waals surface area contributed by atoms with Crippen molar-refractivity contribution in [2.45, 2.75) is 71.4 Å². The molecule has 1 atom stereocenters. The van der Waals surface area contributed by atoms with Gasteiger partial charge in [-0.2, -0.15) is 0 Å². The molecule has 0 amide bonds. The smallest absolute Gasteiger partial charge is 0.191 e. The average Bonchev–Trinajstić information content (AvgIpc) is 3.42. The molecule has 7 nitrogen and oxygen atoms in total. The van der Waals surface area contributed by atoms with Gasteiger partial charge >= 0.3 is 0 Å². The first-order valence-electron chi connectivity index (χ1n) is 12.2. The number of benzene rings is 1. The van der Waals surface area contributed by atoms with Gasteiger partial charge in [-0.25, -0.2) is 4.99 Å². The van der Waals surface area contributed by atoms with Crippen LogP contribution in [0.15, 0.2) is 35.3 Å². The minimum atomic E-state index is 0. The van der Waals surface area contributed by atoms with Crippen molar-refractivity contribution in [3.63, 3.8) is 0 Å². The van der Waals surface area contributed by atoms with Crippen LogP contribution in [0, 0.1) is 6.92 Å². The number of likely N-dealkylation sites (N-methyl/N-ethyl adjacent to an activating group) is 1. The summed E-state index contributed by atoms with van der Waals surface area (Å²) in [6.45, 7) is 13.3. The zero-order valence-electron chi connectivity index (χ0n) is 21.0. The molecule has 1 aliphatic heterocycles. The Kier molecular flexibility index (Phi) is 11.1. The van der Waals surface area contributed by atoms with E-state index < -0.39 is 0 Å². The molecule has 33 heavy (non-hydrogen) atoms. The van der Waals surface area contributed by atoms with Gasteiger partial charge in [0.25, 0.3) is 0 Å². The highest BCUT2D eigenvalue weighted by Crippen LogP contribution is 2.30. The van der Waals surface area contributed by atoms with E-state index in [4.69, 9.17) is 4.99 Å². The van der Waals surface area contributed by atoms with Crippen molar-refractivity contribution in [1.82, 2.24) is 30.3 Å². The molecule has 1 saturated heterocycles. The van der Waals surface area contributed by atoms with Crippen LogP contribution in [0.4, 0.5) is 0 Å². The lowest BCUT2D eigenvalue weighted by Crippen LogP contribution is -2.48. The second kappa shape index (κ2) is 13.3.